The van der Waals surface area contributed by atoms with E-state index in [1.807, 2.05) is 26.0 Å². The number of oxime groups is 1. The number of ether oxygens (including phenoxy) is 3. The van der Waals surface area contributed by atoms with Gasteiger partial charge in [-0.25, -0.2) is 0 Å². The van der Waals surface area contributed by atoms with E-state index in [2.05, 4.69) is 5.16 Å². The monoisotopic (exact) mass is 281 g/mol. The summed E-state index contributed by atoms with van der Waals surface area (Å²) >= 11 is 0. The maximum Gasteiger partial charge on any atom is 0.161 e. The van der Waals surface area contributed by atoms with Crippen LogP contribution in [0, 0.1) is 0 Å². The van der Waals surface area contributed by atoms with Crippen molar-refractivity contribution in [1.29, 1.82) is 0 Å². The van der Waals surface area contributed by atoms with Crippen LogP contribution in [-0.4, -0.2) is 37.3 Å². The van der Waals surface area contributed by atoms with Gasteiger partial charge in [0.2, 0.25) is 0 Å². The average Bonchev–Trinajstić information content (AvgIpc) is 2.46. The van der Waals surface area contributed by atoms with Crippen LogP contribution in [0.25, 0.3) is 0 Å². The van der Waals surface area contributed by atoms with Crippen LogP contribution in [0.15, 0.2) is 23.4 Å². The van der Waals surface area contributed by atoms with E-state index in [9.17, 15) is 0 Å². The molecule has 0 heterocycles. The third kappa shape index (κ3) is 4.42. The minimum absolute atomic E-state index is 0.215. The van der Waals surface area contributed by atoms with Crippen molar-refractivity contribution in [2.75, 3.05) is 20.8 Å². The standard InChI is InChI=1S/C15H23NO4/c1-11(16-17)12-6-7-13(14(10-12)18-4)20-9-8-15(2,3)19-5/h6-7,10,17H,8-9H2,1-5H3/b16-11+. The molecule has 5 nitrogen and oxygen atoms in total. The summed E-state index contributed by atoms with van der Waals surface area (Å²) in [6, 6.07) is 5.42. The van der Waals surface area contributed by atoms with Crippen molar-refractivity contribution in [3.8, 4) is 11.5 Å². The van der Waals surface area contributed by atoms with Gasteiger partial charge in [-0.15, -0.1) is 0 Å². The topological polar surface area (TPSA) is 60.3 Å². The summed E-state index contributed by atoms with van der Waals surface area (Å²) in [5, 5.41) is 12.0. The Kier molecular flexibility index (Phi) is 5.82. The van der Waals surface area contributed by atoms with Gasteiger partial charge in [0, 0.05) is 19.1 Å². The van der Waals surface area contributed by atoms with Crippen LogP contribution in [-0.2, 0) is 4.74 Å². The maximum absolute atomic E-state index is 8.78. The lowest BCUT2D eigenvalue weighted by Crippen LogP contribution is -2.25. The third-order valence-corrected chi connectivity index (χ3v) is 3.25. The van der Waals surface area contributed by atoms with Crippen LogP contribution < -0.4 is 9.47 Å². The van der Waals surface area contributed by atoms with Crippen LogP contribution in [0.2, 0.25) is 0 Å². The fourth-order valence-corrected chi connectivity index (χ4v) is 1.58. The van der Waals surface area contributed by atoms with Crippen molar-refractivity contribution in [3.63, 3.8) is 0 Å². The van der Waals surface area contributed by atoms with Gasteiger partial charge in [-0.3, -0.25) is 0 Å². The lowest BCUT2D eigenvalue weighted by atomic mass is 10.1. The van der Waals surface area contributed by atoms with Crippen LogP contribution in [0.1, 0.15) is 32.8 Å². The Morgan fingerprint density at radius 1 is 1.25 bits per heavy atom. The first-order valence-electron chi connectivity index (χ1n) is 6.48. The van der Waals surface area contributed by atoms with Crippen LogP contribution in [0.4, 0.5) is 0 Å². The van der Waals surface area contributed by atoms with Crippen molar-refractivity contribution in [2.45, 2.75) is 32.8 Å². The van der Waals surface area contributed by atoms with Gasteiger partial charge in [0.1, 0.15) is 0 Å². The van der Waals surface area contributed by atoms with Gasteiger partial charge < -0.3 is 19.4 Å². The zero-order valence-corrected chi connectivity index (χ0v) is 12.8. The summed E-state index contributed by atoms with van der Waals surface area (Å²) < 4.78 is 16.4. The zero-order valence-electron chi connectivity index (χ0n) is 12.8. The van der Waals surface area contributed by atoms with Crippen molar-refractivity contribution >= 4 is 5.71 Å². The highest BCUT2D eigenvalue weighted by Gasteiger charge is 2.16. The molecule has 0 bridgehead atoms. The Morgan fingerprint density at radius 2 is 1.95 bits per heavy atom. The van der Waals surface area contributed by atoms with Gasteiger partial charge in [0.15, 0.2) is 11.5 Å². The minimum Gasteiger partial charge on any atom is -0.493 e. The van der Waals surface area contributed by atoms with E-state index in [0.717, 1.165) is 12.0 Å². The van der Waals surface area contributed by atoms with Gasteiger partial charge in [0.05, 0.1) is 25.0 Å². The number of hydrogen-bond donors (Lipinski definition) is 1. The van der Waals surface area contributed by atoms with E-state index in [1.165, 1.54) is 0 Å². The third-order valence-electron chi connectivity index (χ3n) is 3.25. The average molecular weight is 281 g/mol. The molecule has 0 radical (unpaired) electrons. The summed E-state index contributed by atoms with van der Waals surface area (Å²) in [7, 11) is 3.27. The van der Waals surface area contributed by atoms with Gasteiger partial charge in [-0.2, -0.15) is 0 Å². The summed E-state index contributed by atoms with van der Waals surface area (Å²) in [4.78, 5) is 0. The van der Waals surface area contributed by atoms with E-state index < -0.39 is 0 Å². The van der Waals surface area contributed by atoms with Crippen molar-refractivity contribution in [2.24, 2.45) is 5.16 Å². The summed E-state index contributed by atoms with van der Waals surface area (Å²) in [6.45, 7) is 6.27. The first-order valence-corrected chi connectivity index (χ1v) is 6.48. The second-order valence-electron chi connectivity index (χ2n) is 5.11. The second-order valence-corrected chi connectivity index (χ2v) is 5.11. The molecule has 0 atom stereocenters. The number of benzene rings is 1. The molecule has 0 unspecified atom stereocenters. The van der Waals surface area contributed by atoms with Crippen LogP contribution in [0.3, 0.4) is 0 Å². The molecule has 5 heteroatoms. The summed E-state index contributed by atoms with van der Waals surface area (Å²) in [5.74, 6) is 1.27. The number of hydrogen-bond acceptors (Lipinski definition) is 5. The predicted molar refractivity (Wildman–Crippen MR) is 78.2 cm³/mol. The highest BCUT2D eigenvalue weighted by Crippen LogP contribution is 2.29. The molecule has 0 fully saturated rings. The molecule has 0 aliphatic heterocycles. The van der Waals surface area contributed by atoms with E-state index in [1.54, 1.807) is 27.2 Å². The Labute approximate surface area is 120 Å². The van der Waals surface area contributed by atoms with Crippen LogP contribution >= 0.6 is 0 Å². The quantitative estimate of drug-likeness (QED) is 0.474. The highest BCUT2D eigenvalue weighted by atomic mass is 16.5. The fraction of sp³-hybridized carbons (Fsp3) is 0.533. The molecule has 0 aliphatic rings. The Bertz CT molecular complexity index is 469. The smallest absolute Gasteiger partial charge is 0.161 e. The minimum atomic E-state index is -0.215. The Hall–Kier alpha value is -1.75. The molecule has 1 aromatic carbocycles. The number of nitrogens with zero attached hydrogens (tertiary/aromatic N) is 1. The van der Waals surface area contributed by atoms with Gasteiger partial charge >= 0.3 is 0 Å². The lowest BCUT2D eigenvalue weighted by Gasteiger charge is -2.23. The first kappa shape index (κ1) is 16.3. The molecule has 1 N–H and O–H groups in total. The Balaban J connectivity index is 2.76. The Morgan fingerprint density at radius 3 is 2.50 bits per heavy atom. The molecule has 0 saturated heterocycles. The summed E-state index contributed by atoms with van der Waals surface area (Å²) in [6.07, 6.45) is 0.769. The molecule has 0 amide bonds. The van der Waals surface area contributed by atoms with E-state index in [-0.39, 0.29) is 5.60 Å². The van der Waals surface area contributed by atoms with E-state index >= 15 is 0 Å². The predicted octanol–water partition coefficient (Wildman–Crippen LogP) is 3.09. The number of methoxy groups -OCH3 is 2. The van der Waals surface area contributed by atoms with Gasteiger partial charge in [0.25, 0.3) is 0 Å². The largest absolute Gasteiger partial charge is 0.493 e. The molecule has 0 saturated carbocycles. The molecule has 0 aliphatic carbocycles. The second kappa shape index (κ2) is 7.14. The SMILES string of the molecule is COc1cc(/C(C)=N/O)ccc1OCCC(C)(C)OC. The van der Waals surface area contributed by atoms with Crippen LogP contribution in [0.5, 0.6) is 11.5 Å². The summed E-state index contributed by atoms with van der Waals surface area (Å²) in [5.41, 5.74) is 1.09. The van der Waals surface area contributed by atoms with E-state index in [4.69, 9.17) is 19.4 Å². The normalized spacial score (nSPS) is 12.3. The lowest BCUT2D eigenvalue weighted by molar-refractivity contribution is 0.00525. The molecule has 1 aromatic rings. The van der Waals surface area contributed by atoms with Gasteiger partial charge in [-0.1, -0.05) is 5.16 Å². The highest BCUT2D eigenvalue weighted by molar-refractivity contribution is 5.98. The molecule has 1 rings (SSSR count). The fourth-order valence-electron chi connectivity index (χ4n) is 1.58. The zero-order chi connectivity index (χ0) is 15.2. The van der Waals surface area contributed by atoms with Gasteiger partial charge in [-0.05, 0) is 39.0 Å². The molecular formula is C15H23NO4. The van der Waals surface area contributed by atoms with Crippen molar-refractivity contribution in [3.05, 3.63) is 23.8 Å². The maximum atomic E-state index is 8.78. The first-order chi connectivity index (χ1) is 9.43. The molecule has 20 heavy (non-hydrogen) atoms. The van der Waals surface area contributed by atoms with Crippen molar-refractivity contribution < 1.29 is 19.4 Å². The van der Waals surface area contributed by atoms with E-state index in [0.29, 0.717) is 23.8 Å². The molecule has 112 valence electrons. The number of rotatable bonds is 7. The molecule has 0 aromatic heterocycles. The molecular weight excluding hydrogens is 258 g/mol. The van der Waals surface area contributed by atoms with Crippen molar-refractivity contribution in [1.82, 2.24) is 0 Å². The molecule has 0 spiro atoms.